The molecule has 2 aromatic carbocycles. The maximum Gasteiger partial charge on any atom is 0.282 e. The molecule has 0 aliphatic rings. The van der Waals surface area contributed by atoms with Gasteiger partial charge < -0.3 is 4.90 Å². The molecule has 4 aromatic rings. The number of aromatic nitrogens is 2. The fraction of sp³-hybridized carbons (Fsp3) is 0.0556. The zero-order valence-electron chi connectivity index (χ0n) is 12.4. The van der Waals surface area contributed by atoms with Gasteiger partial charge in [0.2, 0.25) is 0 Å². The highest BCUT2D eigenvalue weighted by Gasteiger charge is 2.11. The Morgan fingerprint density at radius 3 is 2.70 bits per heavy atom. The molecule has 0 bridgehead atoms. The minimum absolute atomic E-state index is 0.241. The molecule has 0 saturated heterocycles. The monoisotopic (exact) mass is 319 g/mol. The molecule has 0 spiro atoms. The summed E-state index contributed by atoms with van der Waals surface area (Å²) in [6, 6.07) is 17.9. The Kier molecular flexibility index (Phi) is 3.28. The van der Waals surface area contributed by atoms with Crippen LogP contribution in [0.15, 0.2) is 65.6 Å². The summed E-state index contributed by atoms with van der Waals surface area (Å²) in [6.45, 7) is 0. The topological polar surface area (TPSA) is 46.1 Å². The number of nitrogens with zero attached hydrogens (tertiary/aromatic N) is 3. The van der Waals surface area contributed by atoms with E-state index in [0.29, 0.717) is 15.3 Å². The summed E-state index contributed by atoms with van der Waals surface area (Å²) >= 11 is 1.41. The number of anilines is 2. The second-order valence-electron chi connectivity index (χ2n) is 5.25. The van der Waals surface area contributed by atoms with Crippen molar-refractivity contribution in [3.63, 3.8) is 0 Å². The fourth-order valence-electron chi connectivity index (χ4n) is 2.53. The fourth-order valence-corrected chi connectivity index (χ4v) is 3.45. The van der Waals surface area contributed by atoms with E-state index in [-0.39, 0.29) is 5.56 Å². The smallest absolute Gasteiger partial charge is 0.282 e. The average molecular weight is 319 g/mol. The Hall–Kier alpha value is -2.79. The van der Waals surface area contributed by atoms with Gasteiger partial charge in [0, 0.05) is 18.9 Å². The summed E-state index contributed by atoms with van der Waals surface area (Å²) in [4.78, 5) is 23.3. The van der Waals surface area contributed by atoms with Crippen molar-refractivity contribution in [3.8, 4) is 0 Å². The van der Waals surface area contributed by atoms with Gasteiger partial charge in [-0.2, -0.15) is 4.98 Å². The van der Waals surface area contributed by atoms with Crippen LogP contribution in [0.1, 0.15) is 0 Å². The predicted octanol–water partition coefficient (Wildman–Crippen LogP) is 3.97. The van der Waals surface area contributed by atoms with Crippen LogP contribution in [-0.2, 0) is 0 Å². The van der Waals surface area contributed by atoms with Crippen LogP contribution >= 0.6 is 11.3 Å². The van der Waals surface area contributed by atoms with E-state index >= 15 is 0 Å². The van der Waals surface area contributed by atoms with Crippen molar-refractivity contribution in [2.24, 2.45) is 0 Å². The van der Waals surface area contributed by atoms with Crippen LogP contribution < -0.4 is 10.5 Å². The van der Waals surface area contributed by atoms with Gasteiger partial charge in [-0.1, -0.05) is 41.7 Å². The first kappa shape index (κ1) is 13.8. The molecule has 0 atom stereocenters. The van der Waals surface area contributed by atoms with Gasteiger partial charge in [-0.3, -0.25) is 4.79 Å². The lowest BCUT2D eigenvalue weighted by Crippen LogP contribution is -2.15. The molecule has 0 unspecified atom stereocenters. The summed E-state index contributed by atoms with van der Waals surface area (Å²) in [5, 5.41) is 3.54. The lowest BCUT2D eigenvalue weighted by Gasteiger charge is -2.18. The first-order valence-corrected chi connectivity index (χ1v) is 8.02. The highest BCUT2D eigenvalue weighted by atomic mass is 32.1. The van der Waals surface area contributed by atoms with Crippen LogP contribution in [0.4, 0.5) is 10.8 Å². The summed E-state index contributed by atoms with van der Waals surface area (Å²) in [6.07, 6.45) is 1.69. The number of pyridine rings is 1. The van der Waals surface area contributed by atoms with E-state index in [1.165, 1.54) is 16.7 Å². The predicted molar refractivity (Wildman–Crippen MR) is 95.7 cm³/mol. The number of benzene rings is 2. The lowest BCUT2D eigenvalue weighted by molar-refractivity contribution is 1.15. The van der Waals surface area contributed by atoms with Crippen LogP contribution in [0, 0.1) is 0 Å². The number of rotatable bonds is 2. The summed E-state index contributed by atoms with van der Waals surface area (Å²) in [5.41, 5.74) is 0.747. The Balaban J connectivity index is 1.84. The van der Waals surface area contributed by atoms with Gasteiger partial charge in [0.1, 0.15) is 4.83 Å². The second-order valence-corrected chi connectivity index (χ2v) is 6.20. The zero-order chi connectivity index (χ0) is 15.8. The third-order valence-corrected chi connectivity index (χ3v) is 4.86. The summed E-state index contributed by atoms with van der Waals surface area (Å²) in [7, 11) is 1.91. The molecular weight excluding hydrogens is 306 g/mol. The SMILES string of the molecule is CN(c1ccc2ccccc2c1)c1nc(=O)c2cccnc2s1. The molecule has 5 heteroatoms. The van der Waals surface area contributed by atoms with Crippen molar-refractivity contribution >= 4 is 43.1 Å². The largest absolute Gasteiger partial charge is 0.321 e. The quantitative estimate of drug-likeness (QED) is 0.561. The Morgan fingerprint density at radius 1 is 1.00 bits per heavy atom. The average Bonchev–Trinajstić information content (AvgIpc) is 2.60. The van der Waals surface area contributed by atoms with E-state index < -0.39 is 0 Å². The van der Waals surface area contributed by atoms with Crippen molar-refractivity contribution in [2.45, 2.75) is 0 Å². The third-order valence-electron chi connectivity index (χ3n) is 3.79. The van der Waals surface area contributed by atoms with E-state index in [2.05, 4.69) is 34.2 Å². The van der Waals surface area contributed by atoms with Gasteiger partial charge in [0.05, 0.1) is 5.39 Å². The maximum absolute atomic E-state index is 12.2. The van der Waals surface area contributed by atoms with E-state index in [1.54, 1.807) is 18.3 Å². The Labute approximate surface area is 136 Å². The number of fused-ring (bicyclic) bond motifs is 2. The third kappa shape index (κ3) is 2.45. The van der Waals surface area contributed by atoms with Crippen LogP contribution in [0.25, 0.3) is 21.0 Å². The molecular formula is C18H13N3OS. The van der Waals surface area contributed by atoms with Crippen LogP contribution in [0.5, 0.6) is 0 Å². The van der Waals surface area contributed by atoms with Crippen molar-refractivity contribution in [1.29, 1.82) is 0 Å². The van der Waals surface area contributed by atoms with Gasteiger partial charge in [-0.05, 0) is 35.0 Å². The molecule has 23 heavy (non-hydrogen) atoms. The van der Waals surface area contributed by atoms with E-state index in [4.69, 9.17) is 0 Å². The van der Waals surface area contributed by atoms with E-state index in [9.17, 15) is 4.79 Å². The zero-order valence-corrected chi connectivity index (χ0v) is 13.2. The standard InChI is InChI=1S/C18H13N3OS/c1-21(14-9-8-12-5-2-3-6-13(12)11-14)18-20-16(22)15-7-4-10-19-17(15)23-18/h2-11H,1H3. The first-order chi connectivity index (χ1) is 11.2. The van der Waals surface area contributed by atoms with Crippen LogP contribution in [-0.4, -0.2) is 17.0 Å². The first-order valence-electron chi connectivity index (χ1n) is 7.21. The normalized spacial score (nSPS) is 11.0. The minimum atomic E-state index is -0.241. The van der Waals surface area contributed by atoms with E-state index in [1.807, 2.05) is 30.1 Å². The Morgan fingerprint density at radius 2 is 1.83 bits per heavy atom. The molecule has 0 radical (unpaired) electrons. The van der Waals surface area contributed by atoms with Crippen molar-refractivity contribution in [2.75, 3.05) is 11.9 Å². The molecule has 0 aliphatic heterocycles. The number of hydrogen-bond donors (Lipinski definition) is 0. The molecule has 0 amide bonds. The molecule has 0 fully saturated rings. The highest BCUT2D eigenvalue weighted by molar-refractivity contribution is 7.21. The molecule has 2 aromatic heterocycles. The number of hydrogen-bond acceptors (Lipinski definition) is 5. The van der Waals surface area contributed by atoms with Crippen molar-refractivity contribution in [1.82, 2.24) is 9.97 Å². The van der Waals surface area contributed by atoms with Gasteiger partial charge >= 0.3 is 0 Å². The highest BCUT2D eigenvalue weighted by Crippen LogP contribution is 2.29. The minimum Gasteiger partial charge on any atom is -0.321 e. The molecule has 0 aliphatic carbocycles. The lowest BCUT2D eigenvalue weighted by atomic mass is 10.1. The van der Waals surface area contributed by atoms with Gasteiger partial charge in [-0.25, -0.2) is 4.98 Å². The van der Waals surface area contributed by atoms with Crippen molar-refractivity contribution in [3.05, 3.63) is 71.1 Å². The van der Waals surface area contributed by atoms with Crippen LogP contribution in [0.2, 0.25) is 0 Å². The maximum atomic E-state index is 12.2. The Bertz CT molecular complexity index is 1070. The molecule has 0 saturated carbocycles. The molecule has 4 nitrogen and oxygen atoms in total. The van der Waals surface area contributed by atoms with Gasteiger partial charge in [0.15, 0.2) is 5.13 Å². The van der Waals surface area contributed by atoms with E-state index in [0.717, 1.165) is 11.1 Å². The molecule has 0 N–H and O–H groups in total. The second kappa shape index (κ2) is 5.44. The van der Waals surface area contributed by atoms with Gasteiger partial charge in [0.25, 0.3) is 5.56 Å². The summed E-state index contributed by atoms with van der Waals surface area (Å²) < 4.78 is 0. The molecule has 2 heterocycles. The van der Waals surface area contributed by atoms with Crippen molar-refractivity contribution < 1.29 is 0 Å². The molecule has 112 valence electrons. The van der Waals surface area contributed by atoms with Crippen LogP contribution in [0.3, 0.4) is 0 Å². The summed E-state index contributed by atoms with van der Waals surface area (Å²) in [5.74, 6) is 0. The van der Waals surface area contributed by atoms with Gasteiger partial charge in [-0.15, -0.1) is 0 Å². The molecule has 4 rings (SSSR count).